The van der Waals surface area contributed by atoms with Crippen LogP contribution in [0.3, 0.4) is 0 Å². The summed E-state index contributed by atoms with van der Waals surface area (Å²) < 4.78 is 24.6. The molecule has 2 unspecified atom stereocenters. The van der Waals surface area contributed by atoms with Crippen LogP contribution in [0.25, 0.3) is 0 Å². The molecule has 0 aliphatic carbocycles. The maximum atomic E-state index is 11.9. The first-order valence-corrected chi connectivity index (χ1v) is 8.51. The molecule has 1 heterocycles. The van der Waals surface area contributed by atoms with Gasteiger partial charge in [0.25, 0.3) is 0 Å². The third kappa shape index (κ3) is 4.57. The van der Waals surface area contributed by atoms with Crippen molar-refractivity contribution in [1.82, 2.24) is 5.32 Å². The number of anilines is 2. The van der Waals surface area contributed by atoms with E-state index in [9.17, 15) is 18.3 Å². The Kier molecular flexibility index (Phi) is 4.72. The van der Waals surface area contributed by atoms with Crippen LogP contribution in [0.2, 0.25) is 5.02 Å². The number of nitrogens with one attached hydrogen (secondary N) is 3. The number of carbonyl (C=O) groups excluding carboxylic acids is 1. The van der Waals surface area contributed by atoms with Crippen LogP contribution in [0.15, 0.2) is 18.2 Å². The monoisotopic (exact) mass is 333 g/mol. The Morgan fingerprint density at radius 1 is 1.48 bits per heavy atom. The summed E-state index contributed by atoms with van der Waals surface area (Å²) in [4.78, 5) is 11.9. The summed E-state index contributed by atoms with van der Waals surface area (Å²) in [6, 6.07) is 4.02. The maximum Gasteiger partial charge on any atom is 0.241 e. The van der Waals surface area contributed by atoms with Crippen LogP contribution in [-0.2, 0) is 14.8 Å². The van der Waals surface area contributed by atoms with Gasteiger partial charge in [-0.05, 0) is 24.6 Å². The maximum absolute atomic E-state index is 11.9. The van der Waals surface area contributed by atoms with Gasteiger partial charge in [-0.3, -0.25) is 9.52 Å². The van der Waals surface area contributed by atoms with Gasteiger partial charge >= 0.3 is 0 Å². The van der Waals surface area contributed by atoms with E-state index in [0.29, 0.717) is 18.7 Å². The summed E-state index contributed by atoms with van der Waals surface area (Å²) in [7, 11) is -3.41. The molecule has 1 aromatic carbocycles. The molecule has 0 aromatic heterocycles. The number of amides is 1. The van der Waals surface area contributed by atoms with E-state index in [1.54, 1.807) is 6.07 Å². The molecule has 1 aliphatic heterocycles. The fourth-order valence-corrected chi connectivity index (χ4v) is 2.88. The zero-order valence-electron chi connectivity index (χ0n) is 11.3. The molecule has 21 heavy (non-hydrogen) atoms. The van der Waals surface area contributed by atoms with E-state index in [1.807, 2.05) is 0 Å². The first-order valence-electron chi connectivity index (χ1n) is 6.24. The number of β-amino-alcohol motifs (C(OH)–C–C–N with tert-alkyl or cyclic N) is 1. The average Bonchev–Trinajstić information content (AvgIpc) is 2.78. The Morgan fingerprint density at radius 2 is 2.19 bits per heavy atom. The van der Waals surface area contributed by atoms with Crippen molar-refractivity contribution in [3.63, 3.8) is 0 Å². The van der Waals surface area contributed by atoms with Crippen molar-refractivity contribution in [2.24, 2.45) is 0 Å². The summed E-state index contributed by atoms with van der Waals surface area (Å²) in [6.45, 7) is 0.385. The normalized spacial score (nSPS) is 22.0. The van der Waals surface area contributed by atoms with Gasteiger partial charge in [0, 0.05) is 12.2 Å². The van der Waals surface area contributed by atoms with E-state index in [4.69, 9.17) is 11.6 Å². The Morgan fingerprint density at radius 3 is 2.71 bits per heavy atom. The van der Waals surface area contributed by atoms with Crippen LogP contribution >= 0.6 is 11.6 Å². The van der Waals surface area contributed by atoms with Crippen molar-refractivity contribution in [2.45, 2.75) is 18.6 Å². The van der Waals surface area contributed by atoms with Crippen LogP contribution in [0.5, 0.6) is 0 Å². The first-order chi connectivity index (χ1) is 9.74. The number of sulfonamides is 1. The molecule has 7 nitrogen and oxygen atoms in total. The molecular formula is C12H16ClN3O4S. The van der Waals surface area contributed by atoms with Gasteiger partial charge in [-0.15, -0.1) is 0 Å². The van der Waals surface area contributed by atoms with Gasteiger partial charge in [0.05, 0.1) is 29.1 Å². The molecule has 9 heteroatoms. The molecule has 1 amide bonds. The molecule has 116 valence electrons. The molecule has 0 saturated carbocycles. The second kappa shape index (κ2) is 6.18. The number of halogens is 1. The van der Waals surface area contributed by atoms with Crippen LogP contribution in [0.1, 0.15) is 6.42 Å². The number of hydrogen-bond donors (Lipinski definition) is 4. The van der Waals surface area contributed by atoms with Crippen molar-refractivity contribution in [3.8, 4) is 0 Å². The summed E-state index contributed by atoms with van der Waals surface area (Å²) in [6.07, 6.45) is 0.856. The third-order valence-corrected chi connectivity index (χ3v) is 3.86. The van der Waals surface area contributed by atoms with Gasteiger partial charge in [0.1, 0.15) is 0 Å². The highest BCUT2D eigenvalue weighted by Crippen LogP contribution is 2.26. The second-order valence-electron chi connectivity index (χ2n) is 4.91. The number of carbonyl (C=O) groups is 1. The van der Waals surface area contributed by atoms with Crippen molar-refractivity contribution in [1.29, 1.82) is 0 Å². The topological polar surface area (TPSA) is 108 Å². The number of aliphatic hydroxyl groups is 1. The lowest BCUT2D eigenvalue weighted by molar-refractivity contribution is -0.117. The molecule has 0 radical (unpaired) electrons. The minimum absolute atomic E-state index is 0.178. The second-order valence-corrected chi connectivity index (χ2v) is 7.06. The highest BCUT2D eigenvalue weighted by molar-refractivity contribution is 7.92. The Hall–Kier alpha value is -1.35. The number of benzene rings is 1. The Bertz CT molecular complexity index is 650. The molecule has 1 saturated heterocycles. The van der Waals surface area contributed by atoms with Crippen LogP contribution in [-0.4, -0.2) is 44.4 Å². The van der Waals surface area contributed by atoms with Gasteiger partial charge < -0.3 is 15.7 Å². The largest absolute Gasteiger partial charge is 0.392 e. The molecule has 1 aliphatic rings. The summed E-state index contributed by atoms with van der Waals surface area (Å²) in [5.41, 5.74) is 0.693. The molecule has 1 fully saturated rings. The summed E-state index contributed by atoms with van der Waals surface area (Å²) in [5, 5.41) is 15.1. The summed E-state index contributed by atoms with van der Waals surface area (Å²) >= 11 is 5.97. The van der Waals surface area contributed by atoms with Crippen molar-refractivity contribution >= 4 is 38.9 Å². The van der Waals surface area contributed by atoms with E-state index in [2.05, 4.69) is 15.4 Å². The SMILES string of the molecule is CS(=O)(=O)Nc1ccc(NC(=O)C2CC(O)CN2)cc1Cl. The zero-order chi connectivity index (χ0) is 15.6. The minimum Gasteiger partial charge on any atom is -0.392 e. The summed E-state index contributed by atoms with van der Waals surface area (Å²) in [5.74, 6) is -0.272. The molecule has 1 aromatic rings. The Balaban J connectivity index is 2.05. The fraction of sp³-hybridized carbons (Fsp3) is 0.417. The predicted molar refractivity (Wildman–Crippen MR) is 81.0 cm³/mol. The molecule has 2 rings (SSSR count). The van der Waals surface area contributed by atoms with Crippen LogP contribution in [0.4, 0.5) is 11.4 Å². The highest BCUT2D eigenvalue weighted by Gasteiger charge is 2.28. The van der Waals surface area contributed by atoms with Crippen molar-refractivity contribution < 1.29 is 18.3 Å². The smallest absolute Gasteiger partial charge is 0.241 e. The van der Waals surface area contributed by atoms with E-state index in [1.165, 1.54) is 12.1 Å². The lowest BCUT2D eigenvalue weighted by atomic mass is 10.2. The van der Waals surface area contributed by atoms with E-state index < -0.39 is 22.2 Å². The first kappa shape index (κ1) is 16.0. The molecule has 4 N–H and O–H groups in total. The van der Waals surface area contributed by atoms with Gasteiger partial charge in [0.15, 0.2) is 0 Å². The molecule has 0 spiro atoms. The van der Waals surface area contributed by atoms with E-state index in [0.717, 1.165) is 6.26 Å². The molecule has 2 atom stereocenters. The van der Waals surface area contributed by atoms with Crippen molar-refractivity contribution in [2.75, 3.05) is 22.8 Å². The third-order valence-electron chi connectivity index (χ3n) is 2.96. The number of rotatable bonds is 4. The number of hydrogen-bond acceptors (Lipinski definition) is 5. The van der Waals surface area contributed by atoms with E-state index >= 15 is 0 Å². The Labute approximate surface area is 127 Å². The zero-order valence-corrected chi connectivity index (χ0v) is 12.8. The number of aliphatic hydroxyl groups excluding tert-OH is 1. The molecule has 0 bridgehead atoms. The lowest BCUT2D eigenvalue weighted by Gasteiger charge is -2.12. The quantitative estimate of drug-likeness (QED) is 0.637. The van der Waals surface area contributed by atoms with Gasteiger partial charge in [-0.25, -0.2) is 8.42 Å². The minimum atomic E-state index is -3.41. The molecular weight excluding hydrogens is 318 g/mol. The van der Waals surface area contributed by atoms with Gasteiger partial charge in [0.2, 0.25) is 15.9 Å². The van der Waals surface area contributed by atoms with Gasteiger partial charge in [-0.2, -0.15) is 0 Å². The van der Waals surface area contributed by atoms with Gasteiger partial charge in [-0.1, -0.05) is 11.6 Å². The van der Waals surface area contributed by atoms with E-state index in [-0.39, 0.29) is 16.6 Å². The fourth-order valence-electron chi connectivity index (χ4n) is 2.02. The lowest BCUT2D eigenvalue weighted by Crippen LogP contribution is -2.35. The standard InChI is InChI=1S/C12H16ClN3O4S/c1-21(19,20)16-10-3-2-7(4-9(10)13)15-12(18)11-5-8(17)6-14-11/h2-4,8,11,14,16-17H,5-6H2,1H3,(H,15,18). The predicted octanol–water partition coefficient (Wildman–Crippen LogP) is 0.373. The van der Waals surface area contributed by atoms with Crippen LogP contribution in [0, 0.1) is 0 Å². The van der Waals surface area contributed by atoms with Crippen LogP contribution < -0.4 is 15.4 Å². The van der Waals surface area contributed by atoms with Crippen molar-refractivity contribution in [3.05, 3.63) is 23.2 Å². The highest BCUT2D eigenvalue weighted by atomic mass is 35.5. The average molecular weight is 334 g/mol.